The molecule has 306 valence electrons. The number of hydrogen-bond acceptors (Lipinski definition) is 10. The first-order valence-electron chi connectivity index (χ1n) is 19.0. The highest BCUT2D eigenvalue weighted by molar-refractivity contribution is 7.91. The molecule has 4 N–H and O–H groups in total. The van der Waals surface area contributed by atoms with E-state index in [1.54, 1.807) is 16.3 Å². The number of carbonyl (C=O) groups excluding carboxylic acids is 6. The van der Waals surface area contributed by atoms with Crippen LogP contribution in [-0.4, -0.2) is 122 Å². The molecule has 1 saturated heterocycles. The Labute approximate surface area is 332 Å². The van der Waals surface area contributed by atoms with Gasteiger partial charge in [-0.25, -0.2) is 18.0 Å². The van der Waals surface area contributed by atoms with E-state index in [2.05, 4.69) is 21.3 Å². The van der Waals surface area contributed by atoms with Gasteiger partial charge in [-0.15, -0.1) is 11.3 Å². The van der Waals surface area contributed by atoms with E-state index >= 15 is 0 Å². The molecular weight excluding hydrogens is 763 g/mol. The summed E-state index contributed by atoms with van der Waals surface area (Å²) in [5.41, 5.74) is 1.56. The number of likely N-dealkylation sites (tertiary alicyclic amines) is 1. The quantitative estimate of drug-likeness (QED) is 0.195. The molecule has 1 aliphatic carbocycles. The second-order valence-electron chi connectivity index (χ2n) is 15.7. The lowest BCUT2D eigenvalue weighted by molar-refractivity contribution is -0.142. The molecule has 16 nitrogen and oxygen atoms in total. The third kappa shape index (κ3) is 10.8. The van der Waals surface area contributed by atoms with Gasteiger partial charge in [0.2, 0.25) is 17.6 Å². The van der Waals surface area contributed by atoms with Crippen molar-refractivity contribution in [1.29, 1.82) is 0 Å². The van der Waals surface area contributed by atoms with Gasteiger partial charge in [0.1, 0.15) is 16.4 Å². The van der Waals surface area contributed by atoms with Crippen LogP contribution in [0.3, 0.4) is 0 Å². The van der Waals surface area contributed by atoms with Gasteiger partial charge in [-0.05, 0) is 53.7 Å². The molecule has 1 unspecified atom stereocenters. The minimum atomic E-state index is -3.80. The van der Waals surface area contributed by atoms with Gasteiger partial charge in [0.25, 0.3) is 15.9 Å². The molecule has 56 heavy (non-hydrogen) atoms. The first kappa shape index (κ1) is 42.6. The van der Waals surface area contributed by atoms with Crippen LogP contribution in [0.1, 0.15) is 70.9 Å². The number of likely N-dealkylation sites (N-methyl/N-ethyl adjacent to an activating group) is 1. The van der Waals surface area contributed by atoms with Crippen molar-refractivity contribution in [2.75, 3.05) is 33.2 Å². The van der Waals surface area contributed by atoms with Crippen molar-refractivity contribution < 1.29 is 41.9 Å². The van der Waals surface area contributed by atoms with E-state index in [1.165, 1.54) is 22.3 Å². The van der Waals surface area contributed by atoms with Gasteiger partial charge in [-0.3, -0.25) is 19.2 Å². The van der Waals surface area contributed by atoms with Crippen molar-refractivity contribution in [2.24, 2.45) is 5.41 Å². The number of urea groups is 1. The molecule has 3 aliphatic rings. The number of Topliss-reactive ketones (excluding diaryl/α,β-unsaturated/α-hetero) is 1. The van der Waals surface area contributed by atoms with Crippen LogP contribution in [-0.2, 0) is 46.9 Å². The van der Waals surface area contributed by atoms with Gasteiger partial charge in [-0.1, -0.05) is 64.4 Å². The smallest absolute Gasteiger partial charge is 0.410 e. The molecule has 1 aromatic carbocycles. The fraction of sp³-hybridized carbons (Fsp3) is 0.579. The second kappa shape index (κ2) is 18.1. The summed E-state index contributed by atoms with van der Waals surface area (Å²) in [6.07, 6.45) is 1.36. The maximum absolute atomic E-state index is 13.8. The minimum Gasteiger partial charge on any atom is -0.444 e. The van der Waals surface area contributed by atoms with E-state index in [-0.39, 0.29) is 36.2 Å². The van der Waals surface area contributed by atoms with Gasteiger partial charge in [0, 0.05) is 45.2 Å². The predicted molar refractivity (Wildman–Crippen MR) is 208 cm³/mol. The maximum Gasteiger partial charge on any atom is 0.410 e. The molecule has 0 spiro atoms. The molecule has 2 fully saturated rings. The molecule has 4 atom stereocenters. The van der Waals surface area contributed by atoms with Crippen LogP contribution in [0.5, 0.6) is 0 Å². The largest absolute Gasteiger partial charge is 0.444 e. The van der Waals surface area contributed by atoms with Crippen LogP contribution < -0.4 is 21.3 Å². The van der Waals surface area contributed by atoms with Gasteiger partial charge < -0.3 is 35.8 Å². The van der Waals surface area contributed by atoms with Gasteiger partial charge >= 0.3 is 12.1 Å². The fourth-order valence-corrected chi connectivity index (χ4v) is 9.05. The molecule has 3 heterocycles. The zero-order valence-electron chi connectivity index (χ0n) is 32.5. The van der Waals surface area contributed by atoms with Crippen molar-refractivity contribution in [2.45, 2.75) is 107 Å². The van der Waals surface area contributed by atoms with Crippen LogP contribution in [0.2, 0.25) is 0 Å². The van der Waals surface area contributed by atoms with Crippen LogP contribution in [0, 0.1) is 5.41 Å². The van der Waals surface area contributed by atoms with E-state index in [0.717, 1.165) is 35.3 Å². The summed E-state index contributed by atoms with van der Waals surface area (Å²) in [7, 11) is -2.37. The summed E-state index contributed by atoms with van der Waals surface area (Å²) in [6.45, 7) is 7.39. The van der Waals surface area contributed by atoms with Crippen molar-refractivity contribution in [3.63, 3.8) is 0 Å². The molecule has 0 radical (unpaired) electrons. The average Bonchev–Trinajstić information content (AvgIpc) is 3.59. The number of amides is 6. The first-order chi connectivity index (χ1) is 26.5. The van der Waals surface area contributed by atoms with E-state index < -0.39 is 81.8 Å². The number of ketones is 1. The number of nitrogens with one attached hydrogen (secondary N) is 4. The SMILES string of the molecule is CCCC(NC(=O)[C@@H]1C[C@@H](OC(=O)N2CCc3ccccc3C2)CN1C(=O)CNC(=O)N[C@H](CN(C)S(=O)(=O)c1cccs1)C(C)(C)C)C(=O)C(=O)NC1CC1. The lowest BCUT2D eigenvalue weighted by Gasteiger charge is -2.34. The van der Waals surface area contributed by atoms with Crippen molar-refractivity contribution >= 4 is 57.0 Å². The number of rotatable bonds is 15. The third-order valence-corrected chi connectivity index (χ3v) is 13.4. The number of benzene rings is 1. The van der Waals surface area contributed by atoms with Gasteiger partial charge in [0.15, 0.2) is 0 Å². The fourth-order valence-electron chi connectivity index (χ4n) is 6.67. The standard InChI is InChI=1S/C38H53N7O9S2/c1-6-10-28(33(47)35(49)40-26-14-15-26)41-34(48)29-19-27(54-37(51)44-17-16-24-11-7-8-12-25(24)21-44)22-45(29)31(46)20-39-36(50)42-30(38(2,3)4)23-43(5)56(52,53)32-13-9-18-55-32/h7-9,11-13,18,26-30H,6,10,14-17,19-23H2,1-5H3,(H,40,49)(H,41,48)(H2,39,42,50)/t27-,28?,29+,30-/m1/s1. The molecule has 5 rings (SSSR count). The maximum atomic E-state index is 13.8. The lowest BCUT2D eigenvalue weighted by Crippen LogP contribution is -2.56. The first-order valence-corrected chi connectivity index (χ1v) is 21.3. The Balaban J connectivity index is 1.25. The Hall–Kier alpha value is -4.55. The number of carbonyl (C=O) groups is 6. The normalized spacial score (nSPS) is 19.4. The summed E-state index contributed by atoms with van der Waals surface area (Å²) >= 11 is 1.09. The molecule has 2 aromatic rings. The Kier molecular flexibility index (Phi) is 13.8. The van der Waals surface area contributed by atoms with E-state index in [0.29, 0.717) is 25.9 Å². The summed E-state index contributed by atoms with van der Waals surface area (Å²) in [5.74, 6) is -2.90. The number of thiophene rings is 1. The number of nitrogens with zero attached hydrogens (tertiary/aromatic N) is 3. The Morgan fingerprint density at radius 1 is 1.02 bits per heavy atom. The summed E-state index contributed by atoms with van der Waals surface area (Å²) < 4.78 is 33.4. The highest BCUT2D eigenvalue weighted by atomic mass is 32.2. The number of ether oxygens (including phenoxy) is 1. The summed E-state index contributed by atoms with van der Waals surface area (Å²) in [4.78, 5) is 82.7. The number of hydrogen-bond donors (Lipinski definition) is 4. The molecule has 1 aromatic heterocycles. The highest BCUT2D eigenvalue weighted by Gasteiger charge is 2.43. The van der Waals surface area contributed by atoms with Crippen molar-refractivity contribution in [3.05, 3.63) is 52.9 Å². The van der Waals surface area contributed by atoms with Crippen LogP contribution in [0.15, 0.2) is 46.0 Å². The third-order valence-electron chi connectivity index (χ3n) is 10.2. The molecular formula is C38H53N7O9S2. The van der Waals surface area contributed by atoms with Gasteiger partial charge in [0.05, 0.1) is 19.1 Å². The van der Waals surface area contributed by atoms with E-state index in [4.69, 9.17) is 4.74 Å². The van der Waals surface area contributed by atoms with Gasteiger partial charge in [-0.2, -0.15) is 4.31 Å². The van der Waals surface area contributed by atoms with Crippen molar-refractivity contribution in [1.82, 2.24) is 35.4 Å². The average molecular weight is 816 g/mol. The van der Waals surface area contributed by atoms with Crippen LogP contribution in [0.25, 0.3) is 0 Å². The Morgan fingerprint density at radius 3 is 2.38 bits per heavy atom. The molecule has 18 heteroatoms. The number of fused-ring (bicyclic) bond motifs is 1. The summed E-state index contributed by atoms with van der Waals surface area (Å²) in [6, 6.07) is 7.19. The summed E-state index contributed by atoms with van der Waals surface area (Å²) in [5, 5.41) is 12.3. The lowest BCUT2D eigenvalue weighted by atomic mass is 9.87. The zero-order chi connectivity index (χ0) is 40.8. The molecule has 0 bridgehead atoms. The Bertz CT molecular complexity index is 1880. The van der Waals surface area contributed by atoms with Crippen LogP contribution in [0.4, 0.5) is 9.59 Å². The number of sulfonamides is 1. The highest BCUT2D eigenvalue weighted by Crippen LogP contribution is 2.26. The minimum absolute atomic E-state index is 0.0502. The zero-order valence-corrected chi connectivity index (χ0v) is 34.2. The van der Waals surface area contributed by atoms with Crippen LogP contribution >= 0.6 is 11.3 Å². The molecule has 1 saturated carbocycles. The second-order valence-corrected chi connectivity index (χ2v) is 18.9. The van der Waals surface area contributed by atoms with E-state index in [1.807, 2.05) is 52.0 Å². The van der Waals surface area contributed by atoms with Crippen molar-refractivity contribution in [3.8, 4) is 0 Å². The monoisotopic (exact) mass is 815 g/mol. The predicted octanol–water partition coefficient (Wildman–Crippen LogP) is 2.38. The molecule has 6 amide bonds. The molecule has 2 aliphatic heterocycles. The topological polar surface area (TPSA) is 204 Å². The Morgan fingerprint density at radius 2 is 1.73 bits per heavy atom. The van der Waals surface area contributed by atoms with E-state index in [9.17, 15) is 37.2 Å².